The van der Waals surface area contributed by atoms with Crippen molar-refractivity contribution in [3.05, 3.63) is 119 Å². The van der Waals surface area contributed by atoms with Gasteiger partial charge in [-0.05, 0) is 49.4 Å². The van der Waals surface area contributed by atoms with E-state index in [0.29, 0.717) is 28.5 Å². The summed E-state index contributed by atoms with van der Waals surface area (Å²) in [6, 6.07) is 27.2. The number of hydrogen-bond donors (Lipinski definition) is 1. The number of carboxylic acid groups (broad SMARTS) is 1. The summed E-state index contributed by atoms with van der Waals surface area (Å²) in [5.74, 6) is -0.161. The van der Waals surface area contributed by atoms with Crippen LogP contribution in [0.3, 0.4) is 0 Å². The molecule has 4 aromatic rings. The monoisotopic (exact) mass is 448 g/mol. The Morgan fingerprint density at radius 2 is 1.59 bits per heavy atom. The molecule has 1 aliphatic rings. The van der Waals surface area contributed by atoms with Crippen LogP contribution in [-0.4, -0.2) is 22.7 Å². The Balaban J connectivity index is 1.52. The minimum absolute atomic E-state index is 0.203. The van der Waals surface area contributed by atoms with Crippen molar-refractivity contribution in [2.75, 3.05) is 5.01 Å². The van der Waals surface area contributed by atoms with E-state index in [1.165, 1.54) is 17.1 Å². The predicted molar refractivity (Wildman–Crippen MR) is 131 cm³/mol. The zero-order valence-corrected chi connectivity index (χ0v) is 18.3. The van der Waals surface area contributed by atoms with Gasteiger partial charge in [0.05, 0.1) is 16.8 Å². The average Bonchev–Trinajstić information content (AvgIpc) is 3.46. The molecule has 0 fully saturated rings. The zero-order valence-electron chi connectivity index (χ0n) is 18.3. The van der Waals surface area contributed by atoms with Crippen LogP contribution in [0.1, 0.15) is 27.2 Å². The number of aryl methyl sites for hydroxylation is 1. The van der Waals surface area contributed by atoms with Crippen LogP contribution in [0.5, 0.6) is 0 Å². The van der Waals surface area contributed by atoms with Crippen molar-refractivity contribution in [1.29, 1.82) is 0 Å². The number of benzene rings is 3. The number of nitrogens with zero attached hydrogens (tertiary/aromatic N) is 2. The molecule has 0 unspecified atom stereocenters. The molecule has 0 bridgehead atoms. The normalized spacial score (nSPS) is 14.5. The van der Waals surface area contributed by atoms with Crippen molar-refractivity contribution in [2.45, 2.75) is 6.92 Å². The lowest BCUT2D eigenvalue weighted by Crippen LogP contribution is -2.21. The predicted octanol–water partition coefficient (Wildman–Crippen LogP) is 5.79. The molecule has 0 saturated heterocycles. The van der Waals surface area contributed by atoms with Crippen LogP contribution in [0.4, 0.5) is 5.69 Å². The van der Waals surface area contributed by atoms with E-state index in [9.17, 15) is 9.59 Å². The van der Waals surface area contributed by atoms with Crippen molar-refractivity contribution in [1.82, 2.24) is 0 Å². The summed E-state index contributed by atoms with van der Waals surface area (Å²) in [5, 5.41) is 15.1. The van der Waals surface area contributed by atoms with Crippen molar-refractivity contribution >= 4 is 29.4 Å². The highest BCUT2D eigenvalue weighted by Gasteiger charge is 2.32. The number of hydrazone groups is 1. The number of carbonyl (C=O) groups is 2. The number of anilines is 1. The number of carboxylic acids is 1. The van der Waals surface area contributed by atoms with E-state index in [1.807, 2.05) is 61.5 Å². The number of rotatable bonds is 5. The van der Waals surface area contributed by atoms with Crippen molar-refractivity contribution in [3.63, 3.8) is 0 Å². The molecular weight excluding hydrogens is 428 g/mol. The second-order valence-electron chi connectivity index (χ2n) is 7.91. The third-order valence-electron chi connectivity index (χ3n) is 5.53. The van der Waals surface area contributed by atoms with Gasteiger partial charge in [0.15, 0.2) is 0 Å². The van der Waals surface area contributed by atoms with E-state index in [2.05, 4.69) is 5.10 Å². The highest BCUT2D eigenvalue weighted by Crippen LogP contribution is 2.30. The quantitative estimate of drug-likeness (QED) is 0.392. The van der Waals surface area contributed by atoms with Gasteiger partial charge < -0.3 is 9.52 Å². The SMILES string of the molecule is Cc1ccc(N2N=C(c3ccccc3)C(=Cc3ccc(-c4ccc(C(=O)O)cc4)o3)C2=O)cc1. The van der Waals surface area contributed by atoms with Gasteiger partial charge >= 0.3 is 5.97 Å². The maximum atomic E-state index is 13.4. The van der Waals surface area contributed by atoms with Crippen LogP contribution >= 0.6 is 0 Å². The lowest BCUT2D eigenvalue weighted by Gasteiger charge is -2.11. The smallest absolute Gasteiger partial charge is 0.335 e. The minimum Gasteiger partial charge on any atom is -0.478 e. The number of amides is 1. The molecule has 6 heteroatoms. The van der Waals surface area contributed by atoms with Gasteiger partial charge in [0.2, 0.25) is 0 Å². The minimum atomic E-state index is -0.984. The van der Waals surface area contributed by atoms with Gasteiger partial charge in [0.25, 0.3) is 5.91 Å². The first-order valence-corrected chi connectivity index (χ1v) is 10.7. The molecule has 1 aromatic heterocycles. The molecular formula is C28H20N2O4. The van der Waals surface area contributed by atoms with Crippen LogP contribution < -0.4 is 5.01 Å². The molecule has 6 nitrogen and oxygen atoms in total. The second-order valence-corrected chi connectivity index (χ2v) is 7.91. The van der Waals surface area contributed by atoms with E-state index in [-0.39, 0.29) is 11.5 Å². The molecule has 1 amide bonds. The molecule has 0 atom stereocenters. The number of aromatic carboxylic acids is 1. The number of hydrogen-bond acceptors (Lipinski definition) is 4. The Hall–Kier alpha value is -4.71. The van der Waals surface area contributed by atoms with Crippen molar-refractivity contribution in [2.24, 2.45) is 5.10 Å². The van der Waals surface area contributed by atoms with E-state index in [1.54, 1.807) is 30.3 Å². The first kappa shape index (κ1) is 21.2. The molecule has 34 heavy (non-hydrogen) atoms. The molecule has 1 N–H and O–H groups in total. The first-order chi connectivity index (χ1) is 16.5. The van der Waals surface area contributed by atoms with Gasteiger partial charge in [-0.3, -0.25) is 4.79 Å². The molecule has 5 rings (SSSR count). The Kier molecular flexibility index (Phi) is 5.40. The molecule has 166 valence electrons. The van der Waals surface area contributed by atoms with Gasteiger partial charge in [-0.25, -0.2) is 4.79 Å². The maximum absolute atomic E-state index is 13.4. The summed E-state index contributed by atoms with van der Waals surface area (Å²) < 4.78 is 5.97. The van der Waals surface area contributed by atoms with E-state index in [4.69, 9.17) is 9.52 Å². The fourth-order valence-electron chi connectivity index (χ4n) is 3.72. The lowest BCUT2D eigenvalue weighted by molar-refractivity contribution is -0.114. The van der Waals surface area contributed by atoms with Gasteiger partial charge in [0, 0.05) is 11.1 Å². The standard InChI is InChI=1S/C28H20N2O4/c1-18-7-13-22(14-8-18)30-27(31)24(26(29-30)20-5-3-2-4-6-20)17-23-15-16-25(34-23)19-9-11-21(12-10-19)28(32)33/h2-17H,1H3,(H,32,33). The van der Waals surface area contributed by atoms with Gasteiger partial charge in [0.1, 0.15) is 17.2 Å². The lowest BCUT2D eigenvalue weighted by atomic mass is 10.0. The topological polar surface area (TPSA) is 83.1 Å². The molecule has 0 saturated carbocycles. The molecule has 3 aromatic carbocycles. The van der Waals surface area contributed by atoms with Gasteiger partial charge in [-0.2, -0.15) is 10.1 Å². The molecule has 2 heterocycles. The Labute approximate surface area is 196 Å². The number of furan rings is 1. The highest BCUT2D eigenvalue weighted by atomic mass is 16.4. The summed E-state index contributed by atoms with van der Waals surface area (Å²) in [6.07, 6.45) is 1.69. The summed E-state index contributed by atoms with van der Waals surface area (Å²) in [4.78, 5) is 24.5. The van der Waals surface area contributed by atoms with Crippen LogP contribution in [-0.2, 0) is 4.79 Å². The number of carbonyl (C=O) groups excluding carboxylic acids is 1. The highest BCUT2D eigenvalue weighted by molar-refractivity contribution is 6.37. The molecule has 1 aliphatic heterocycles. The largest absolute Gasteiger partial charge is 0.478 e. The Morgan fingerprint density at radius 1 is 0.882 bits per heavy atom. The summed E-state index contributed by atoms with van der Waals surface area (Å²) in [5.41, 5.74) is 4.54. The third kappa shape index (κ3) is 4.04. The van der Waals surface area contributed by atoms with Crippen LogP contribution in [0.2, 0.25) is 0 Å². The van der Waals surface area contributed by atoms with E-state index in [0.717, 1.165) is 16.7 Å². The molecule has 0 aliphatic carbocycles. The van der Waals surface area contributed by atoms with Crippen molar-refractivity contribution < 1.29 is 19.1 Å². The van der Waals surface area contributed by atoms with Crippen molar-refractivity contribution in [3.8, 4) is 11.3 Å². The average molecular weight is 448 g/mol. The van der Waals surface area contributed by atoms with E-state index < -0.39 is 5.97 Å². The molecule has 0 radical (unpaired) electrons. The van der Waals surface area contributed by atoms with Gasteiger partial charge in [-0.15, -0.1) is 0 Å². The van der Waals surface area contributed by atoms with E-state index >= 15 is 0 Å². The fourth-order valence-corrected chi connectivity index (χ4v) is 3.72. The van der Waals surface area contributed by atoms with Crippen LogP contribution in [0.15, 0.2) is 106 Å². The van der Waals surface area contributed by atoms with Crippen LogP contribution in [0.25, 0.3) is 17.4 Å². The van der Waals surface area contributed by atoms with Gasteiger partial charge in [-0.1, -0.05) is 60.2 Å². The zero-order chi connectivity index (χ0) is 23.7. The Morgan fingerprint density at radius 3 is 2.26 bits per heavy atom. The summed E-state index contributed by atoms with van der Waals surface area (Å²) >= 11 is 0. The summed E-state index contributed by atoms with van der Waals surface area (Å²) in [7, 11) is 0. The third-order valence-corrected chi connectivity index (χ3v) is 5.53. The van der Waals surface area contributed by atoms with Crippen LogP contribution in [0, 0.1) is 6.92 Å². The fraction of sp³-hybridized carbons (Fsp3) is 0.0357. The first-order valence-electron chi connectivity index (χ1n) is 10.7. The maximum Gasteiger partial charge on any atom is 0.335 e. The molecule has 0 spiro atoms. The second kappa shape index (κ2) is 8.67. The Bertz CT molecular complexity index is 1430. The summed E-state index contributed by atoms with van der Waals surface area (Å²) in [6.45, 7) is 1.99.